The van der Waals surface area contributed by atoms with E-state index in [1.54, 1.807) is 11.8 Å². The van der Waals surface area contributed by atoms with Crippen molar-refractivity contribution in [2.45, 2.75) is 19.4 Å². The summed E-state index contributed by atoms with van der Waals surface area (Å²) >= 11 is 1.56. The van der Waals surface area contributed by atoms with Gasteiger partial charge in [-0.25, -0.2) is 0 Å². The van der Waals surface area contributed by atoms with Gasteiger partial charge >= 0.3 is 0 Å². The minimum atomic E-state index is -0.340. The van der Waals surface area contributed by atoms with Crippen molar-refractivity contribution in [1.29, 1.82) is 0 Å². The molecule has 0 spiro atoms. The highest BCUT2D eigenvalue weighted by Gasteiger charge is 2.17. The Kier molecular flexibility index (Phi) is 3.68. The lowest BCUT2D eigenvalue weighted by Gasteiger charge is -2.18. The maximum absolute atomic E-state index is 5.78. The van der Waals surface area contributed by atoms with E-state index in [-0.39, 0.29) is 5.54 Å². The van der Waals surface area contributed by atoms with Crippen LogP contribution in [-0.4, -0.2) is 16.8 Å². The van der Waals surface area contributed by atoms with Crippen LogP contribution in [0.1, 0.15) is 13.8 Å². The van der Waals surface area contributed by atoms with Gasteiger partial charge < -0.3 is 5.73 Å². The van der Waals surface area contributed by atoms with Crippen molar-refractivity contribution in [2.75, 3.05) is 6.26 Å². The molecule has 0 bridgehead atoms. The van der Waals surface area contributed by atoms with Gasteiger partial charge in [-0.3, -0.25) is 4.99 Å². The van der Waals surface area contributed by atoms with E-state index in [9.17, 15) is 0 Å². The van der Waals surface area contributed by atoms with E-state index in [0.29, 0.717) is 0 Å². The normalized spacial score (nSPS) is 13.4. The Morgan fingerprint density at radius 1 is 1.70 bits per heavy atom. The van der Waals surface area contributed by atoms with Crippen molar-refractivity contribution < 1.29 is 0 Å². The van der Waals surface area contributed by atoms with Crippen molar-refractivity contribution in [2.24, 2.45) is 10.7 Å². The standard InChI is InChI=1S/C7H14N2S/c1-5-9-6(10-4)7(2,3)8/h5H,1,8H2,2-4H3. The molecule has 3 heteroatoms. The molecule has 0 fully saturated rings. The summed E-state index contributed by atoms with van der Waals surface area (Å²) in [7, 11) is 0. The molecule has 0 radical (unpaired) electrons. The van der Waals surface area contributed by atoms with Gasteiger partial charge in [-0.2, -0.15) is 0 Å². The van der Waals surface area contributed by atoms with E-state index < -0.39 is 0 Å². The van der Waals surface area contributed by atoms with Crippen LogP contribution in [0.4, 0.5) is 0 Å². The average Bonchev–Trinajstić information content (AvgIpc) is 1.80. The Bertz CT molecular complexity index is 144. The summed E-state index contributed by atoms with van der Waals surface area (Å²) in [6.07, 6.45) is 3.47. The van der Waals surface area contributed by atoms with Gasteiger partial charge in [0.1, 0.15) is 0 Å². The third-order valence-electron chi connectivity index (χ3n) is 0.953. The van der Waals surface area contributed by atoms with Crippen LogP contribution in [0.25, 0.3) is 0 Å². The fourth-order valence-corrected chi connectivity index (χ4v) is 1.27. The molecule has 2 nitrogen and oxygen atoms in total. The lowest BCUT2D eigenvalue weighted by molar-refractivity contribution is 0.709. The Labute approximate surface area is 66.6 Å². The molecule has 0 atom stereocenters. The maximum atomic E-state index is 5.78. The molecular weight excluding hydrogens is 144 g/mol. The zero-order chi connectivity index (χ0) is 8.20. The molecule has 2 N–H and O–H groups in total. The predicted octanol–water partition coefficient (Wildman–Crippen LogP) is 1.63. The zero-order valence-electron chi connectivity index (χ0n) is 6.72. The van der Waals surface area contributed by atoms with Crippen LogP contribution in [0, 0.1) is 0 Å². The molecule has 0 unspecified atom stereocenters. The molecule has 58 valence electrons. The fourth-order valence-electron chi connectivity index (χ4n) is 0.565. The molecule has 0 saturated heterocycles. The van der Waals surface area contributed by atoms with Gasteiger partial charge in [0.2, 0.25) is 0 Å². The second-order valence-electron chi connectivity index (χ2n) is 2.54. The average molecular weight is 158 g/mol. The van der Waals surface area contributed by atoms with Gasteiger partial charge in [-0.1, -0.05) is 6.58 Å². The van der Waals surface area contributed by atoms with E-state index >= 15 is 0 Å². The molecule has 0 aliphatic rings. The number of hydrogen-bond acceptors (Lipinski definition) is 3. The Balaban J connectivity index is 4.35. The van der Waals surface area contributed by atoms with E-state index in [0.717, 1.165) is 5.04 Å². The molecule has 0 aromatic rings. The smallest absolute Gasteiger partial charge is 0.0921 e. The summed E-state index contributed by atoms with van der Waals surface area (Å²) in [5.74, 6) is 0. The largest absolute Gasteiger partial charge is 0.320 e. The molecule has 0 aromatic heterocycles. The predicted molar refractivity (Wildman–Crippen MR) is 49.4 cm³/mol. The Hall–Kier alpha value is -0.280. The second-order valence-corrected chi connectivity index (χ2v) is 3.34. The first kappa shape index (κ1) is 9.72. The monoisotopic (exact) mass is 158 g/mol. The number of rotatable bonds is 2. The van der Waals surface area contributed by atoms with Gasteiger partial charge in [0.25, 0.3) is 0 Å². The van der Waals surface area contributed by atoms with Crippen molar-refractivity contribution in [3.05, 3.63) is 12.8 Å². The molecule has 0 rings (SSSR count). The highest BCUT2D eigenvalue weighted by Crippen LogP contribution is 2.11. The molecule has 0 saturated carbocycles. The van der Waals surface area contributed by atoms with Crippen LogP contribution in [0.2, 0.25) is 0 Å². The van der Waals surface area contributed by atoms with Gasteiger partial charge in [0.15, 0.2) is 0 Å². The van der Waals surface area contributed by atoms with Crippen LogP contribution in [0.15, 0.2) is 17.8 Å². The number of nitrogens with two attached hydrogens (primary N) is 1. The van der Waals surface area contributed by atoms with E-state index in [4.69, 9.17) is 5.73 Å². The first-order chi connectivity index (χ1) is 4.52. The molecule has 10 heavy (non-hydrogen) atoms. The van der Waals surface area contributed by atoms with Gasteiger partial charge in [-0.05, 0) is 20.1 Å². The summed E-state index contributed by atoms with van der Waals surface area (Å²) in [5.41, 5.74) is 5.44. The van der Waals surface area contributed by atoms with E-state index in [1.807, 2.05) is 20.1 Å². The van der Waals surface area contributed by atoms with Gasteiger partial charge in [0, 0.05) is 6.20 Å². The number of aliphatic imine (C=N–C) groups is 1. The summed E-state index contributed by atoms with van der Waals surface area (Å²) in [5, 5.41) is 0.905. The van der Waals surface area contributed by atoms with Crippen LogP contribution in [0.3, 0.4) is 0 Å². The van der Waals surface area contributed by atoms with Crippen molar-refractivity contribution in [1.82, 2.24) is 0 Å². The topological polar surface area (TPSA) is 38.4 Å². The Morgan fingerprint density at radius 2 is 2.20 bits per heavy atom. The third-order valence-corrected chi connectivity index (χ3v) is 1.97. The van der Waals surface area contributed by atoms with Crippen LogP contribution in [0.5, 0.6) is 0 Å². The highest BCUT2D eigenvalue weighted by molar-refractivity contribution is 8.13. The summed E-state index contributed by atoms with van der Waals surface area (Å²) in [6.45, 7) is 7.35. The number of nitrogens with zero attached hydrogens (tertiary/aromatic N) is 1. The molecule has 0 heterocycles. The van der Waals surface area contributed by atoms with Crippen molar-refractivity contribution in [3.63, 3.8) is 0 Å². The lowest BCUT2D eigenvalue weighted by atomic mass is 10.1. The zero-order valence-corrected chi connectivity index (χ0v) is 7.53. The maximum Gasteiger partial charge on any atom is 0.0921 e. The van der Waals surface area contributed by atoms with E-state index in [1.165, 1.54) is 6.20 Å². The van der Waals surface area contributed by atoms with Crippen molar-refractivity contribution >= 4 is 16.8 Å². The van der Waals surface area contributed by atoms with E-state index in [2.05, 4.69) is 11.6 Å². The van der Waals surface area contributed by atoms with Gasteiger partial charge in [0.05, 0.1) is 10.6 Å². The summed E-state index contributed by atoms with van der Waals surface area (Å²) in [4.78, 5) is 4.03. The quantitative estimate of drug-likeness (QED) is 0.490. The second kappa shape index (κ2) is 3.78. The number of thioether (sulfide) groups is 1. The van der Waals surface area contributed by atoms with Crippen molar-refractivity contribution in [3.8, 4) is 0 Å². The lowest BCUT2D eigenvalue weighted by Crippen LogP contribution is -2.39. The fraction of sp³-hybridized carbons (Fsp3) is 0.571. The molecule has 0 amide bonds. The highest BCUT2D eigenvalue weighted by atomic mass is 32.2. The summed E-state index contributed by atoms with van der Waals surface area (Å²) < 4.78 is 0. The first-order valence-electron chi connectivity index (χ1n) is 3.04. The third kappa shape index (κ3) is 3.03. The number of hydrogen-bond donors (Lipinski definition) is 1. The minimum absolute atomic E-state index is 0.340. The first-order valence-corrected chi connectivity index (χ1v) is 4.27. The van der Waals surface area contributed by atoms with Gasteiger partial charge in [-0.15, -0.1) is 11.8 Å². The molecule has 0 aromatic carbocycles. The Morgan fingerprint density at radius 3 is 2.30 bits per heavy atom. The SMILES string of the molecule is C=CN=C(SC)C(C)(C)N. The molecule has 0 aliphatic carbocycles. The summed E-state index contributed by atoms with van der Waals surface area (Å²) in [6, 6.07) is 0. The van der Waals surface area contributed by atoms with Crippen LogP contribution < -0.4 is 5.73 Å². The van der Waals surface area contributed by atoms with Crippen LogP contribution in [-0.2, 0) is 0 Å². The molecular formula is C7H14N2S. The molecule has 0 aliphatic heterocycles. The minimum Gasteiger partial charge on any atom is -0.320 e. The van der Waals surface area contributed by atoms with Crippen LogP contribution >= 0.6 is 11.8 Å².